The van der Waals surface area contributed by atoms with Gasteiger partial charge in [0.15, 0.2) is 0 Å². The average molecular weight is 144 g/mol. The van der Waals surface area contributed by atoms with Crippen molar-refractivity contribution in [3.63, 3.8) is 0 Å². The zero-order valence-corrected chi connectivity index (χ0v) is 6.62. The standard InChI is InChI=1S/C8H16O2/c1-4-6(2)8(5-9)7(3)10/h4,6-10H,1,5H2,2-3H3/t6?,7-,8-/m0/s1. The smallest absolute Gasteiger partial charge is 0.0567 e. The summed E-state index contributed by atoms with van der Waals surface area (Å²) in [5, 5.41) is 17.9. The maximum Gasteiger partial charge on any atom is 0.0567 e. The SMILES string of the molecule is C=CC(C)[C@H](CO)[C@H](C)O. The maximum absolute atomic E-state index is 9.11. The van der Waals surface area contributed by atoms with Crippen LogP contribution in [0.2, 0.25) is 0 Å². The molecule has 0 aromatic heterocycles. The second-order valence-electron chi connectivity index (χ2n) is 2.68. The van der Waals surface area contributed by atoms with E-state index in [1.807, 2.05) is 6.92 Å². The summed E-state index contributed by atoms with van der Waals surface area (Å²) in [4.78, 5) is 0. The highest BCUT2D eigenvalue weighted by Gasteiger charge is 2.18. The van der Waals surface area contributed by atoms with E-state index >= 15 is 0 Å². The Morgan fingerprint density at radius 2 is 2.00 bits per heavy atom. The molecule has 0 bridgehead atoms. The van der Waals surface area contributed by atoms with Gasteiger partial charge in [0.05, 0.1) is 6.10 Å². The fourth-order valence-corrected chi connectivity index (χ4v) is 0.933. The average Bonchev–Trinajstić information content (AvgIpc) is 1.88. The molecule has 0 aliphatic rings. The highest BCUT2D eigenvalue weighted by atomic mass is 16.3. The van der Waals surface area contributed by atoms with E-state index in [0.717, 1.165) is 0 Å². The van der Waals surface area contributed by atoms with Gasteiger partial charge in [0.1, 0.15) is 0 Å². The van der Waals surface area contributed by atoms with Crippen LogP contribution in [0, 0.1) is 11.8 Å². The summed E-state index contributed by atoms with van der Waals surface area (Å²) in [6, 6.07) is 0. The molecular weight excluding hydrogens is 128 g/mol. The molecular formula is C8H16O2. The largest absolute Gasteiger partial charge is 0.396 e. The Morgan fingerprint density at radius 3 is 2.10 bits per heavy atom. The van der Waals surface area contributed by atoms with Gasteiger partial charge in [0, 0.05) is 12.5 Å². The molecule has 0 spiro atoms. The molecule has 0 aromatic carbocycles. The predicted octanol–water partition coefficient (Wildman–Crippen LogP) is 0.798. The second kappa shape index (κ2) is 4.47. The van der Waals surface area contributed by atoms with Gasteiger partial charge in [0.2, 0.25) is 0 Å². The Kier molecular flexibility index (Phi) is 4.32. The van der Waals surface area contributed by atoms with Crippen molar-refractivity contribution in [2.75, 3.05) is 6.61 Å². The normalized spacial score (nSPS) is 19.6. The summed E-state index contributed by atoms with van der Waals surface area (Å²) in [6.45, 7) is 7.22. The topological polar surface area (TPSA) is 40.5 Å². The summed E-state index contributed by atoms with van der Waals surface area (Å²) >= 11 is 0. The van der Waals surface area contributed by atoms with Gasteiger partial charge < -0.3 is 10.2 Å². The Hall–Kier alpha value is -0.340. The molecule has 0 saturated heterocycles. The van der Waals surface area contributed by atoms with Gasteiger partial charge in [-0.1, -0.05) is 13.0 Å². The van der Waals surface area contributed by atoms with Crippen LogP contribution in [0.3, 0.4) is 0 Å². The summed E-state index contributed by atoms with van der Waals surface area (Å²) in [6.07, 6.45) is 1.28. The quantitative estimate of drug-likeness (QED) is 0.573. The van der Waals surface area contributed by atoms with Crippen LogP contribution in [-0.4, -0.2) is 22.9 Å². The monoisotopic (exact) mass is 144 g/mol. The molecule has 0 rings (SSSR count). The van der Waals surface area contributed by atoms with Gasteiger partial charge in [-0.05, 0) is 12.8 Å². The van der Waals surface area contributed by atoms with E-state index in [4.69, 9.17) is 10.2 Å². The van der Waals surface area contributed by atoms with Crippen LogP contribution in [-0.2, 0) is 0 Å². The lowest BCUT2D eigenvalue weighted by molar-refractivity contribution is 0.0610. The maximum atomic E-state index is 9.11. The molecule has 3 atom stereocenters. The van der Waals surface area contributed by atoms with Crippen molar-refractivity contribution in [3.8, 4) is 0 Å². The minimum absolute atomic E-state index is 0.0187. The molecule has 1 unspecified atom stereocenters. The third-order valence-electron chi connectivity index (χ3n) is 1.88. The van der Waals surface area contributed by atoms with Gasteiger partial charge in [-0.25, -0.2) is 0 Å². The molecule has 0 heterocycles. The van der Waals surface area contributed by atoms with Crippen molar-refractivity contribution in [2.45, 2.75) is 20.0 Å². The first-order valence-corrected chi connectivity index (χ1v) is 3.55. The minimum atomic E-state index is -0.460. The number of aliphatic hydroxyl groups excluding tert-OH is 2. The third-order valence-corrected chi connectivity index (χ3v) is 1.88. The van der Waals surface area contributed by atoms with Crippen LogP contribution in [0.4, 0.5) is 0 Å². The van der Waals surface area contributed by atoms with Crippen molar-refractivity contribution in [2.24, 2.45) is 11.8 Å². The van der Waals surface area contributed by atoms with E-state index in [0.29, 0.717) is 0 Å². The van der Waals surface area contributed by atoms with Crippen LogP contribution in [0.1, 0.15) is 13.8 Å². The summed E-state index contributed by atoms with van der Waals surface area (Å²) < 4.78 is 0. The lowest BCUT2D eigenvalue weighted by Crippen LogP contribution is -2.26. The Balaban J connectivity index is 3.92. The fourth-order valence-electron chi connectivity index (χ4n) is 0.933. The zero-order chi connectivity index (χ0) is 8.15. The first-order chi connectivity index (χ1) is 4.63. The van der Waals surface area contributed by atoms with Gasteiger partial charge in [-0.15, -0.1) is 6.58 Å². The van der Waals surface area contributed by atoms with Crippen molar-refractivity contribution in [1.82, 2.24) is 0 Å². The van der Waals surface area contributed by atoms with Crippen molar-refractivity contribution in [1.29, 1.82) is 0 Å². The van der Waals surface area contributed by atoms with Crippen molar-refractivity contribution in [3.05, 3.63) is 12.7 Å². The van der Waals surface area contributed by atoms with Crippen LogP contribution in [0.25, 0.3) is 0 Å². The molecule has 0 amide bonds. The van der Waals surface area contributed by atoms with Crippen molar-refractivity contribution >= 4 is 0 Å². The lowest BCUT2D eigenvalue weighted by Gasteiger charge is -2.21. The predicted molar refractivity (Wildman–Crippen MR) is 41.6 cm³/mol. The third kappa shape index (κ3) is 2.50. The summed E-state index contributed by atoms with van der Waals surface area (Å²) in [7, 11) is 0. The molecule has 0 aliphatic heterocycles. The molecule has 2 N–H and O–H groups in total. The zero-order valence-electron chi connectivity index (χ0n) is 6.62. The summed E-state index contributed by atoms with van der Waals surface area (Å²) in [5.41, 5.74) is 0. The molecule has 0 aromatic rings. The first-order valence-electron chi connectivity index (χ1n) is 3.55. The lowest BCUT2D eigenvalue weighted by atomic mass is 9.91. The van der Waals surface area contributed by atoms with Crippen LogP contribution in [0.15, 0.2) is 12.7 Å². The highest BCUT2D eigenvalue weighted by molar-refractivity contribution is 4.83. The molecule has 2 nitrogen and oxygen atoms in total. The van der Waals surface area contributed by atoms with Crippen LogP contribution >= 0.6 is 0 Å². The van der Waals surface area contributed by atoms with Gasteiger partial charge >= 0.3 is 0 Å². The van der Waals surface area contributed by atoms with Crippen LogP contribution in [0.5, 0.6) is 0 Å². The molecule has 10 heavy (non-hydrogen) atoms. The first kappa shape index (κ1) is 9.66. The van der Waals surface area contributed by atoms with Crippen LogP contribution < -0.4 is 0 Å². The van der Waals surface area contributed by atoms with E-state index in [9.17, 15) is 0 Å². The number of rotatable bonds is 4. The second-order valence-corrected chi connectivity index (χ2v) is 2.68. The van der Waals surface area contributed by atoms with E-state index in [1.54, 1.807) is 13.0 Å². The molecule has 0 fully saturated rings. The van der Waals surface area contributed by atoms with E-state index < -0.39 is 6.10 Å². The van der Waals surface area contributed by atoms with Gasteiger partial charge in [-0.3, -0.25) is 0 Å². The summed E-state index contributed by atoms with van der Waals surface area (Å²) in [5.74, 6) is 0.0995. The van der Waals surface area contributed by atoms with E-state index in [2.05, 4.69) is 6.58 Å². The molecule has 0 saturated carbocycles. The van der Waals surface area contributed by atoms with Crippen molar-refractivity contribution < 1.29 is 10.2 Å². The van der Waals surface area contributed by atoms with Gasteiger partial charge in [0.25, 0.3) is 0 Å². The molecule has 60 valence electrons. The van der Waals surface area contributed by atoms with E-state index in [1.165, 1.54) is 0 Å². The molecule has 2 heteroatoms. The fraction of sp³-hybridized carbons (Fsp3) is 0.750. The number of hydrogen-bond acceptors (Lipinski definition) is 2. The minimum Gasteiger partial charge on any atom is -0.396 e. The Morgan fingerprint density at radius 1 is 1.50 bits per heavy atom. The molecule has 0 radical (unpaired) electrons. The number of allylic oxidation sites excluding steroid dienone is 1. The number of hydrogen-bond donors (Lipinski definition) is 2. The Labute approximate surface area is 62.2 Å². The van der Waals surface area contributed by atoms with E-state index in [-0.39, 0.29) is 18.4 Å². The molecule has 0 aliphatic carbocycles. The highest BCUT2D eigenvalue weighted by Crippen LogP contribution is 2.15. The Bertz CT molecular complexity index is 99.4. The number of aliphatic hydroxyl groups is 2. The van der Waals surface area contributed by atoms with Gasteiger partial charge in [-0.2, -0.15) is 0 Å².